The summed E-state index contributed by atoms with van der Waals surface area (Å²) in [4.78, 5) is 11.8. The topological polar surface area (TPSA) is 77.5 Å². The molecule has 0 amide bonds. The first kappa shape index (κ1) is 24.4. The SMILES string of the molecule is Cc1c(N)cc(-n2c(C)ccc2-c2cc(Br)ccc2OCc2c(F)cc(F)cc2F)cc1C(=O)O. The maximum atomic E-state index is 14.1. The van der Waals surface area contributed by atoms with Gasteiger partial charge >= 0.3 is 5.97 Å². The molecule has 0 aliphatic rings. The molecule has 4 rings (SSSR count). The number of nitrogens with two attached hydrogens (primary N) is 1. The Morgan fingerprint density at radius 1 is 1.03 bits per heavy atom. The molecule has 3 aromatic carbocycles. The molecular weight excluding hydrogens is 525 g/mol. The average Bonchev–Trinajstić information content (AvgIpc) is 3.16. The molecule has 0 bridgehead atoms. The predicted molar refractivity (Wildman–Crippen MR) is 130 cm³/mol. The summed E-state index contributed by atoms with van der Waals surface area (Å²) in [5.41, 5.74) is 9.10. The van der Waals surface area contributed by atoms with Gasteiger partial charge in [0, 0.05) is 39.2 Å². The van der Waals surface area contributed by atoms with E-state index in [1.54, 1.807) is 31.2 Å². The normalized spacial score (nSPS) is 11.0. The van der Waals surface area contributed by atoms with Gasteiger partial charge in [-0.1, -0.05) is 15.9 Å². The standard InChI is InChI=1S/C26H20BrF3N2O3/c1-13-3-5-24(32(13)17-10-18(26(33)34)14(2)23(31)11-17)19-7-15(27)4-6-25(19)35-12-20-21(29)8-16(28)9-22(20)30/h3-11H,12,31H2,1-2H3,(H,33,34). The Hall–Kier alpha value is -3.72. The van der Waals surface area contributed by atoms with Crippen molar-refractivity contribution in [1.82, 2.24) is 4.57 Å². The molecule has 0 saturated carbocycles. The molecule has 3 N–H and O–H groups in total. The van der Waals surface area contributed by atoms with Crippen LogP contribution in [0.2, 0.25) is 0 Å². The van der Waals surface area contributed by atoms with Crippen molar-refractivity contribution in [1.29, 1.82) is 0 Å². The van der Waals surface area contributed by atoms with Gasteiger partial charge in [0.2, 0.25) is 0 Å². The number of benzene rings is 3. The number of aromatic carboxylic acids is 1. The summed E-state index contributed by atoms with van der Waals surface area (Å²) >= 11 is 3.44. The van der Waals surface area contributed by atoms with E-state index in [-0.39, 0.29) is 5.56 Å². The highest BCUT2D eigenvalue weighted by Crippen LogP contribution is 2.37. The van der Waals surface area contributed by atoms with E-state index >= 15 is 0 Å². The van der Waals surface area contributed by atoms with Crippen LogP contribution in [0.25, 0.3) is 16.9 Å². The Morgan fingerprint density at radius 2 is 1.71 bits per heavy atom. The zero-order chi connectivity index (χ0) is 25.4. The second-order valence-electron chi connectivity index (χ2n) is 7.99. The molecule has 1 heterocycles. The van der Waals surface area contributed by atoms with Crippen LogP contribution in [0, 0.1) is 31.3 Å². The fraction of sp³-hybridized carbons (Fsp3) is 0.115. The third-order valence-electron chi connectivity index (χ3n) is 5.69. The summed E-state index contributed by atoms with van der Waals surface area (Å²) < 4.78 is 49.9. The molecule has 1 aromatic heterocycles. The van der Waals surface area contributed by atoms with Crippen LogP contribution in [0.15, 0.2) is 59.1 Å². The lowest BCUT2D eigenvalue weighted by Crippen LogP contribution is -2.08. The number of halogens is 4. The lowest BCUT2D eigenvalue weighted by molar-refractivity contribution is 0.0696. The van der Waals surface area contributed by atoms with Gasteiger partial charge in [-0.3, -0.25) is 0 Å². The van der Waals surface area contributed by atoms with Gasteiger partial charge in [0.05, 0.1) is 16.8 Å². The molecule has 0 radical (unpaired) electrons. The molecule has 9 heteroatoms. The number of anilines is 1. The quantitative estimate of drug-likeness (QED) is 0.261. The highest BCUT2D eigenvalue weighted by molar-refractivity contribution is 9.10. The molecule has 4 aromatic rings. The van der Waals surface area contributed by atoms with Crippen LogP contribution in [0.4, 0.5) is 18.9 Å². The summed E-state index contributed by atoms with van der Waals surface area (Å²) in [6.45, 7) is 3.02. The maximum absolute atomic E-state index is 14.1. The maximum Gasteiger partial charge on any atom is 0.336 e. The lowest BCUT2D eigenvalue weighted by Gasteiger charge is -2.18. The molecule has 5 nitrogen and oxygen atoms in total. The number of hydrogen-bond acceptors (Lipinski definition) is 3. The Balaban J connectivity index is 1.81. The Bertz CT molecular complexity index is 1440. The third kappa shape index (κ3) is 4.77. The van der Waals surface area contributed by atoms with Crippen LogP contribution >= 0.6 is 15.9 Å². The van der Waals surface area contributed by atoms with Crippen LogP contribution in [0.5, 0.6) is 5.75 Å². The average molecular weight is 545 g/mol. The van der Waals surface area contributed by atoms with Crippen molar-refractivity contribution in [2.75, 3.05) is 5.73 Å². The van der Waals surface area contributed by atoms with Crippen LogP contribution in [0.3, 0.4) is 0 Å². The molecule has 0 spiro atoms. The van der Waals surface area contributed by atoms with Gasteiger partial charge in [-0.2, -0.15) is 0 Å². The largest absolute Gasteiger partial charge is 0.488 e. The van der Waals surface area contributed by atoms with Crippen molar-refractivity contribution in [3.63, 3.8) is 0 Å². The first-order valence-electron chi connectivity index (χ1n) is 10.4. The summed E-state index contributed by atoms with van der Waals surface area (Å²) in [5, 5.41) is 9.61. The van der Waals surface area contributed by atoms with Crippen molar-refractivity contribution in [3.05, 3.63) is 98.9 Å². The third-order valence-corrected chi connectivity index (χ3v) is 6.19. The van der Waals surface area contributed by atoms with Crippen molar-refractivity contribution >= 4 is 27.6 Å². The van der Waals surface area contributed by atoms with Crippen molar-refractivity contribution in [2.45, 2.75) is 20.5 Å². The molecule has 0 unspecified atom stereocenters. The number of ether oxygens (including phenoxy) is 1. The highest BCUT2D eigenvalue weighted by atomic mass is 79.9. The molecule has 0 atom stereocenters. The van der Waals surface area contributed by atoms with Gasteiger partial charge in [0.1, 0.15) is 29.8 Å². The minimum atomic E-state index is -1.10. The fourth-order valence-electron chi connectivity index (χ4n) is 3.85. The van der Waals surface area contributed by atoms with Gasteiger partial charge in [-0.25, -0.2) is 18.0 Å². The number of nitrogens with zero attached hydrogens (tertiary/aromatic N) is 1. The Morgan fingerprint density at radius 3 is 2.37 bits per heavy atom. The molecule has 0 aliphatic carbocycles. The second kappa shape index (κ2) is 9.50. The number of carbonyl (C=O) groups is 1. The minimum Gasteiger partial charge on any atom is -0.488 e. The van der Waals surface area contributed by atoms with Gasteiger partial charge in [0.25, 0.3) is 0 Å². The van der Waals surface area contributed by atoms with Gasteiger partial charge in [-0.05, 0) is 61.9 Å². The molecule has 35 heavy (non-hydrogen) atoms. The molecular formula is C26H20BrF3N2O3. The monoisotopic (exact) mass is 544 g/mol. The molecule has 0 saturated heterocycles. The minimum absolute atomic E-state index is 0.0759. The summed E-state index contributed by atoms with van der Waals surface area (Å²) in [6, 6.07) is 13.2. The molecule has 0 fully saturated rings. The number of carboxylic acids is 1. The van der Waals surface area contributed by atoms with E-state index in [0.29, 0.717) is 46.1 Å². The molecule has 180 valence electrons. The number of rotatable bonds is 6. The zero-order valence-corrected chi connectivity index (χ0v) is 20.3. The lowest BCUT2D eigenvalue weighted by atomic mass is 10.0. The van der Waals surface area contributed by atoms with E-state index < -0.39 is 35.6 Å². The van der Waals surface area contributed by atoms with E-state index in [1.165, 1.54) is 6.07 Å². The number of hydrogen-bond donors (Lipinski definition) is 2. The Kier molecular flexibility index (Phi) is 6.62. The van der Waals surface area contributed by atoms with Gasteiger partial charge < -0.3 is 20.1 Å². The smallest absolute Gasteiger partial charge is 0.336 e. The summed E-state index contributed by atoms with van der Waals surface area (Å²) in [5.74, 6) is -3.89. The van der Waals surface area contributed by atoms with E-state index in [0.717, 1.165) is 10.2 Å². The number of nitrogen functional groups attached to an aromatic ring is 1. The predicted octanol–water partition coefficient (Wildman–Crippen LogP) is 6.80. The van der Waals surface area contributed by atoms with Crippen molar-refractivity contribution in [3.8, 4) is 22.7 Å². The van der Waals surface area contributed by atoms with Crippen LogP contribution in [-0.4, -0.2) is 15.6 Å². The number of aryl methyl sites for hydroxylation is 1. The van der Waals surface area contributed by atoms with Crippen LogP contribution < -0.4 is 10.5 Å². The van der Waals surface area contributed by atoms with E-state index in [2.05, 4.69) is 15.9 Å². The van der Waals surface area contributed by atoms with E-state index in [1.807, 2.05) is 23.6 Å². The first-order valence-corrected chi connectivity index (χ1v) is 11.2. The Labute approximate surface area is 207 Å². The number of aromatic nitrogens is 1. The van der Waals surface area contributed by atoms with Crippen molar-refractivity contribution in [2.24, 2.45) is 0 Å². The second-order valence-corrected chi connectivity index (χ2v) is 8.90. The van der Waals surface area contributed by atoms with Crippen LogP contribution in [-0.2, 0) is 6.61 Å². The summed E-state index contributed by atoms with van der Waals surface area (Å²) in [7, 11) is 0. The highest BCUT2D eigenvalue weighted by Gasteiger charge is 2.19. The van der Waals surface area contributed by atoms with Gasteiger partial charge in [0.15, 0.2) is 0 Å². The zero-order valence-electron chi connectivity index (χ0n) is 18.7. The number of carboxylic acid groups (broad SMARTS) is 1. The van der Waals surface area contributed by atoms with Gasteiger partial charge in [-0.15, -0.1) is 0 Å². The summed E-state index contributed by atoms with van der Waals surface area (Å²) in [6.07, 6.45) is 0. The fourth-order valence-corrected chi connectivity index (χ4v) is 4.21. The van der Waals surface area contributed by atoms with Crippen LogP contribution in [0.1, 0.15) is 27.2 Å². The first-order chi connectivity index (χ1) is 16.6. The van der Waals surface area contributed by atoms with Crippen molar-refractivity contribution < 1.29 is 27.8 Å². The molecule has 0 aliphatic heterocycles. The van der Waals surface area contributed by atoms with E-state index in [9.17, 15) is 23.1 Å². The van der Waals surface area contributed by atoms with E-state index in [4.69, 9.17) is 10.5 Å².